The predicted molar refractivity (Wildman–Crippen MR) is 153 cm³/mol. The van der Waals surface area contributed by atoms with Crippen LogP contribution >= 0.6 is 11.6 Å². The second-order valence-electron chi connectivity index (χ2n) is 10.00. The Kier molecular flexibility index (Phi) is 7.74. The summed E-state index contributed by atoms with van der Waals surface area (Å²) in [5.74, 6) is -0.0311. The Morgan fingerprint density at radius 3 is 2.24 bits per heavy atom. The van der Waals surface area contributed by atoms with Gasteiger partial charge >= 0.3 is 12.0 Å². The third kappa shape index (κ3) is 6.33. The molecule has 0 saturated carbocycles. The van der Waals surface area contributed by atoms with Gasteiger partial charge in [-0.1, -0.05) is 80.4 Å². The fraction of sp³-hybridized carbons (Fsp3) is 0.161. The molecule has 2 amide bonds. The third-order valence-corrected chi connectivity index (χ3v) is 6.21. The predicted octanol–water partition coefficient (Wildman–Crippen LogP) is 8.75. The van der Waals surface area contributed by atoms with Crippen LogP contribution in [0.2, 0.25) is 5.02 Å². The highest BCUT2D eigenvalue weighted by molar-refractivity contribution is 6.31. The van der Waals surface area contributed by atoms with Gasteiger partial charge in [-0.3, -0.25) is 0 Å². The number of benzene rings is 4. The summed E-state index contributed by atoms with van der Waals surface area (Å²) in [4.78, 5) is 24.9. The summed E-state index contributed by atoms with van der Waals surface area (Å²) in [6.45, 7) is 8.26. The first-order valence-corrected chi connectivity index (χ1v) is 12.5. The summed E-state index contributed by atoms with van der Waals surface area (Å²) in [5, 5.41) is 15.8. The molecule has 0 bridgehead atoms. The van der Waals surface area contributed by atoms with Crippen LogP contribution < -0.4 is 15.4 Å². The molecule has 0 unspecified atom stereocenters. The van der Waals surface area contributed by atoms with E-state index in [1.54, 1.807) is 30.3 Å². The summed E-state index contributed by atoms with van der Waals surface area (Å²) >= 11 is 6.05. The summed E-state index contributed by atoms with van der Waals surface area (Å²) in [6, 6.07) is 24.6. The molecular formula is C31H29ClN2O4. The van der Waals surface area contributed by atoms with Gasteiger partial charge in [-0.25, -0.2) is 9.59 Å². The van der Waals surface area contributed by atoms with Gasteiger partial charge in [0, 0.05) is 16.3 Å². The van der Waals surface area contributed by atoms with Gasteiger partial charge in [0.15, 0.2) is 5.75 Å². The number of carboxylic acids is 1. The van der Waals surface area contributed by atoms with Gasteiger partial charge in [-0.15, -0.1) is 0 Å². The first-order valence-electron chi connectivity index (χ1n) is 12.1. The molecular weight excluding hydrogens is 500 g/mol. The number of nitrogens with one attached hydrogen (secondary N) is 2. The number of aromatic carboxylic acids is 1. The monoisotopic (exact) mass is 528 g/mol. The molecule has 3 N–H and O–H groups in total. The Bertz CT molecular complexity index is 1490. The summed E-state index contributed by atoms with van der Waals surface area (Å²) in [6.07, 6.45) is 0. The Balaban J connectivity index is 1.75. The summed E-state index contributed by atoms with van der Waals surface area (Å²) in [5.41, 5.74) is 4.02. The number of hydrogen-bond acceptors (Lipinski definition) is 3. The molecule has 0 fully saturated rings. The van der Waals surface area contributed by atoms with Crippen LogP contribution in [0.15, 0.2) is 84.9 Å². The smallest absolute Gasteiger partial charge is 0.336 e. The average molecular weight is 529 g/mol. The lowest BCUT2D eigenvalue weighted by Crippen LogP contribution is -2.20. The van der Waals surface area contributed by atoms with Gasteiger partial charge in [-0.05, 0) is 65.9 Å². The fourth-order valence-electron chi connectivity index (χ4n) is 4.04. The van der Waals surface area contributed by atoms with Gasteiger partial charge in [0.1, 0.15) is 5.75 Å². The standard InChI is InChI=1S/C31H29ClN2O4/c1-19-9-13-22(14-10-19)33-30(37)34-26-17-20(23-15-12-21(32)18-24(23)29(35)36)11-16-28(26)38-27-8-6-5-7-25(27)31(2,3)4/h5-18H,1-4H3,(H,35,36)(H2,33,34,37). The van der Waals surface area contributed by atoms with Crippen molar-refractivity contribution in [1.82, 2.24) is 0 Å². The normalized spacial score (nSPS) is 11.1. The molecule has 0 aliphatic rings. The Hall–Kier alpha value is -4.29. The van der Waals surface area contributed by atoms with E-state index in [9.17, 15) is 14.7 Å². The van der Waals surface area contributed by atoms with E-state index in [1.165, 1.54) is 6.07 Å². The minimum absolute atomic E-state index is 0.0549. The summed E-state index contributed by atoms with van der Waals surface area (Å²) < 4.78 is 6.34. The molecule has 194 valence electrons. The average Bonchev–Trinajstić information content (AvgIpc) is 2.86. The largest absolute Gasteiger partial charge is 0.478 e. The van der Waals surface area contributed by atoms with Gasteiger partial charge in [0.25, 0.3) is 0 Å². The number of halogens is 1. The van der Waals surface area contributed by atoms with Gasteiger partial charge in [0.2, 0.25) is 0 Å². The van der Waals surface area contributed by atoms with Crippen molar-refractivity contribution in [1.29, 1.82) is 0 Å². The molecule has 0 spiro atoms. The maximum absolute atomic E-state index is 13.0. The van der Waals surface area contributed by atoms with Crippen molar-refractivity contribution in [3.05, 3.63) is 107 Å². The Morgan fingerprint density at radius 1 is 0.842 bits per heavy atom. The number of hydrogen-bond donors (Lipinski definition) is 3. The van der Waals surface area contributed by atoms with Crippen molar-refractivity contribution in [2.24, 2.45) is 0 Å². The lowest BCUT2D eigenvalue weighted by Gasteiger charge is -2.23. The molecule has 0 atom stereocenters. The number of ether oxygens (including phenoxy) is 1. The Labute approximate surface area is 227 Å². The van der Waals surface area contributed by atoms with Gasteiger partial charge in [0.05, 0.1) is 11.3 Å². The molecule has 0 heterocycles. The quantitative estimate of drug-likeness (QED) is 0.233. The topological polar surface area (TPSA) is 87.7 Å². The minimum atomic E-state index is -1.10. The maximum Gasteiger partial charge on any atom is 0.336 e. The van der Waals surface area contributed by atoms with Crippen LogP contribution in [-0.4, -0.2) is 17.1 Å². The number of aryl methyl sites for hydroxylation is 1. The second kappa shape index (κ2) is 11.0. The van der Waals surface area contributed by atoms with E-state index in [-0.39, 0.29) is 11.0 Å². The van der Waals surface area contributed by atoms with Crippen molar-refractivity contribution < 1.29 is 19.4 Å². The highest BCUT2D eigenvalue weighted by Gasteiger charge is 2.21. The number of anilines is 2. The van der Waals surface area contributed by atoms with E-state index in [1.807, 2.05) is 55.5 Å². The first kappa shape index (κ1) is 26.8. The van der Waals surface area contributed by atoms with E-state index in [0.29, 0.717) is 39.0 Å². The number of rotatable bonds is 6. The minimum Gasteiger partial charge on any atom is -0.478 e. The molecule has 7 heteroatoms. The molecule has 0 aliphatic carbocycles. The third-order valence-electron chi connectivity index (χ3n) is 5.98. The maximum atomic E-state index is 13.0. The lowest BCUT2D eigenvalue weighted by atomic mass is 9.86. The molecule has 4 rings (SSSR count). The van der Waals surface area contributed by atoms with Crippen LogP contribution in [0.1, 0.15) is 42.3 Å². The van der Waals surface area contributed by atoms with Crippen molar-refractivity contribution in [2.75, 3.05) is 10.6 Å². The van der Waals surface area contributed by atoms with Crippen molar-refractivity contribution in [3.8, 4) is 22.6 Å². The van der Waals surface area contributed by atoms with Crippen LogP contribution in [0.4, 0.5) is 16.2 Å². The first-order chi connectivity index (χ1) is 18.0. The summed E-state index contributed by atoms with van der Waals surface area (Å²) in [7, 11) is 0. The van der Waals surface area contributed by atoms with E-state index < -0.39 is 12.0 Å². The van der Waals surface area contributed by atoms with Crippen molar-refractivity contribution in [2.45, 2.75) is 33.1 Å². The molecule has 6 nitrogen and oxygen atoms in total. The molecule has 0 radical (unpaired) electrons. The van der Waals surface area contributed by atoms with E-state index in [2.05, 4.69) is 31.4 Å². The van der Waals surface area contributed by atoms with Crippen molar-refractivity contribution >= 4 is 35.0 Å². The highest BCUT2D eigenvalue weighted by atomic mass is 35.5. The number of urea groups is 1. The molecule has 38 heavy (non-hydrogen) atoms. The molecule has 0 saturated heterocycles. The highest BCUT2D eigenvalue weighted by Crippen LogP contribution is 2.39. The molecule has 0 aromatic heterocycles. The van der Waals surface area contributed by atoms with E-state index in [4.69, 9.17) is 16.3 Å². The lowest BCUT2D eigenvalue weighted by molar-refractivity contribution is 0.0697. The second-order valence-corrected chi connectivity index (χ2v) is 10.4. The van der Waals surface area contributed by atoms with E-state index >= 15 is 0 Å². The number of carbonyl (C=O) groups excluding carboxylic acids is 1. The molecule has 4 aromatic carbocycles. The molecule has 0 aliphatic heterocycles. The number of carboxylic acid groups (broad SMARTS) is 1. The van der Waals surface area contributed by atoms with Crippen LogP contribution in [-0.2, 0) is 5.41 Å². The van der Waals surface area contributed by atoms with Gasteiger partial charge in [-0.2, -0.15) is 0 Å². The number of para-hydroxylation sites is 1. The molecule has 4 aromatic rings. The van der Waals surface area contributed by atoms with E-state index in [0.717, 1.165) is 11.1 Å². The fourth-order valence-corrected chi connectivity index (χ4v) is 4.22. The number of amides is 2. The van der Waals surface area contributed by atoms with Crippen LogP contribution in [0.3, 0.4) is 0 Å². The SMILES string of the molecule is Cc1ccc(NC(=O)Nc2cc(-c3ccc(Cl)cc3C(=O)O)ccc2Oc2ccccc2C(C)(C)C)cc1. The number of carbonyl (C=O) groups is 2. The van der Waals surface area contributed by atoms with Crippen molar-refractivity contribution in [3.63, 3.8) is 0 Å². The zero-order chi connectivity index (χ0) is 27.4. The van der Waals surface area contributed by atoms with Crippen LogP contribution in [0.5, 0.6) is 11.5 Å². The zero-order valence-corrected chi connectivity index (χ0v) is 22.4. The van der Waals surface area contributed by atoms with Crippen LogP contribution in [0.25, 0.3) is 11.1 Å². The van der Waals surface area contributed by atoms with Gasteiger partial charge < -0.3 is 20.5 Å². The zero-order valence-electron chi connectivity index (χ0n) is 21.6. The Morgan fingerprint density at radius 2 is 1.55 bits per heavy atom. The van der Waals surface area contributed by atoms with Crippen LogP contribution in [0, 0.1) is 6.92 Å².